The van der Waals surface area contributed by atoms with Gasteiger partial charge in [-0.2, -0.15) is 5.10 Å². The van der Waals surface area contributed by atoms with Crippen LogP contribution >= 0.6 is 0 Å². The molecule has 6 heteroatoms. The quantitative estimate of drug-likeness (QED) is 0.692. The average Bonchev–Trinajstić information content (AvgIpc) is 2.93. The molecule has 0 radical (unpaired) electrons. The summed E-state index contributed by atoms with van der Waals surface area (Å²) in [6.07, 6.45) is 1.71. The fourth-order valence-electron chi connectivity index (χ4n) is 2.02. The Morgan fingerprint density at radius 3 is 3.00 bits per heavy atom. The number of carbonyl (C=O) groups excluding carboxylic acids is 1. The van der Waals surface area contributed by atoms with E-state index in [0.717, 1.165) is 10.9 Å². The first-order valence-electron chi connectivity index (χ1n) is 6.43. The van der Waals surface area contributed by atoms with Crippen LogP contribution in [-0.2, 0) is 6.54 Å². The molecule has 5 nitrogen and oxygen atoms in total. The highest BCUT2D eigenvalue weighted by Gasteiger charge is 2.04. The molecule has 2 aromatic carbocycles. The lowest BCUT2D eigenvalue weighted by atomic mass is 10.2. The van der Waals surface area contributed by atoms with Crippen molar-refractivity contribution in [1.82, 2.24) is 15.5 Å². The fourth-order valence-corrected chi connectivity index (χ4v) is 2.02. The number of nitrogens with zero attached hydrogens (tertiary/aromatic N) is 1. The third-order valence-corrected chi connectivity index (χ3v) is 3.04. The second-order valence-corrected chi connectivity index (χ2v) is 4.61. The smallest absolute Gasteiger partial charge is 0.319 e. The second-order valence-electron chi connectivity index (χ2n) is 4.61. The molecule has 0 saturated heterocycles. The van der Waals surface area contributed by atoms with E-state index in [0.29, 0.717) is 11.3 Å². The molecular formula is C15H13FN4O. The van der Waals surface area contributed by atoms with E-state index in [1.54, 1.807) is 30.5 Å². The molecule has 0 spiro atoms. The SMILES string of the molecule is O=C(NCc1cccc(F)c1)Nc1ccc2cn[nH]c2c1. The summed E-state index contributed by atoms with van der Waals surface area (Å²) in [5, 5.41) is 13.1. The number of fused-ring (bicyclic) bond motifs is 1. The molecule has 1 aromatic heterocycles. The van der Waals surface area contributed by atoms with Gasteiger partial charge in [0, 0.05) is 17.6 Å². The second kappa shape index (κ2) is 5.62. The number of urea groups is 1. The lowest BCUT2D eigenvalue weighted by molar-refractivity contribution is 0.251. The summed E-state index contributed by atoms with van der Waals surface area (Å²) in [6.45, 7) is 0.260. The van der Waals surface area contributed by atoms with E-state index in [2.05, 4.69) is 20.8 Å². The number of H-pyrrole nitrogens is 1. The number of benzene rings is 2. The molecule has 1 heterocycles. The van der Waals surface area contributed by atoms with Crippen LogP contribution in [0.1, 0.15) is 5.56 Å². The Labute approximate surface area is 120 Å². The van der Waals surface area contributed by atoms with E-state index in [-0.39, 0.29) is 18.4 Å². The van der Waals surface area contributed by atoms with Crippen molar-refractivity contribution in [2.24, 2.45) is 0 Å². The highest BCUT2D eigenvalue weighted by Crippen LogP contribution is 2.16. The van der Waals surface area contributed by atoms with E-state index in [1.807, 2.05) is 6.07 Å². The molecule has 0 aliphatic carbocycles. The van der Waals surface area contributed by atoms with Crippen molar-refractivity contribution in [1.29, 1.82) is 0 Å². The van der Waals surface area contributed by atoms with E-state index in [4.69, 9.17) is 0 Å². The summed E-state index contributed by atoms with van der Waals surface area (Å²) < 4.78 is 13.0. The molecule has 3 rings (SSSR count). The van der Waals surface area contributed by atoms with Crippen LogP contribution in [0.25, 0.3) is 10.9 Å². The van der Waals surface area contributed by atoms with Crippen molar-refractivity contribution in [3.63, 3.8) is 0 Å². The van der Waals surface area contributed by atoms with Crippen LogP contribution in [0.3, 0.4) is 0 Å². The molecule has 0 aliphatic rings. The molecule has 21 heavy (non-hydrogen) atoms. The zero-order chi connectivity index (χ0) is 14.7. The minimum atomic E-state index is -0.349. The first-order chi connectivity index (χ1) is 10.2. The Morgan fingerprint density at radius 2 is 2.14 bits per heavy atom. The van der Waals surface area contributed by atoms with E-state index in [9.17, 15) is 9.18 Å². The molecule has 0 unspecified atom stereocenters. The molecular weight excluding hydrogens is 271 g/mol. The largest absolute Gasteiger partial charge is 0.334 e. The highest BCUT2D eigenvalue weighted by molar-refractivity contribution is 5.92. The van der Waals surface area contributed by atoms with Crippen LogP contribution in [0.5, 0.6) is 0 Å². The van der Waals surface area contributed by atoms with Gasteiger partial charge in [0.2, 0.25) is 0 Å². The summed E-state index contributed by atoms with van der Waals surface area (Å²) in [4.78, 5) is 11.8. The Hall–Kier alpha value is -2.89. The minimum absolute atomic E-state index is 0.260. The molecule has 3 N–H and O–H groups in total. The van der Waals surface area contributed by atoms with E-state index in [1.165, 1.54) is 12.1 Å². The zero-order valence-electron chi connectivity index (χ0n) is 11.1. The van der Waals surface area contributed by atoms with Gasteiger partial charge in [-0.1, -0.05) is 12.1 Å². The summed E-state index contributed by atoms with van der Waals surface area (Å²) in [5.74, 6) is -0.320. The number of aromatic amines is 1. The number of nitrogens with one attached hydrogen (secondary N) is 3. The maximum absolute atomic E-state index is 13.0. The standard InChI is InChI=1S/C15H13FN4O/c16-12-3-1-2-10(6-12)8-17-15(21)19-13-5-4-11-9-18-20-14(11)7-13/h1-7,9H,8H2,(H,18,20)(H2,17,19,21). The predicted octanol–water partition coefficient (Wildman–Crippen LogP) is 3.02. The van der Waals surface area contributed by atoms with Crippen molar-refractivity contribution >= 4 is 22.6 Å². The average molecular weight is 284 g/mol. The van der Waals surface area contributed by atoms with Crippen LogP contribution in [-0.4, -0.2) is 16.2 Å². The van der Waals surface area contributed by atoms with E-state index >= 15 is 0 Å². The number of rotatable bonds is 3. The van der Waals surface area contributed by atoms with Gasteiger partial charge in [0.05, 0.1) is 11.7 Å². The van der Waals surface area contributed by atoms with Crippen LogP contribution in [0, 0.1) is 5.82 Å². The molecule has 0 bridgehead atoms. The number of hydrogen-bond donors (Lipinski definition) is 3. The molecule has 0 atom stereocenters. The molecule has 106 valence electrons. The first-order valence-corrected chi connectivity index (χ1v) is 6.43. The van der Waals surface area contributed by atoms with Gasteiger partial charge < -0.3 is 10.6 Å². The third kappa shape index (κ3) is 3.17. The number of halogens is 1. The molecule has 0 fully saturated rings. The Morgan fingerprint density at radius 1 is 1.24 bits per heavy atom. The van der Waals surface area contributed by atoms with Crippen molar-refractivity contribution < 1.29 is 9.18 Å². The molecule has 0 saturated carbocycles. The van der Waals surface area contributed by atoms with Crippen LogP contribution in [0.2, 0.25) is 0 Å². The van der Waals surface area contributed by atoms with E-state index < -0.39 is 0 Å². The lowest BCUT2D eigenvalue weighted by Gasteiger charge is -2.08. The normalized spacial score (nSPS) is 10.5. The number of carbonyl (C=O) groups is 1. The predicted molar refractivity (Wildman–Crippen MR) is 78.4 cm³/mol. The van der Waals surface area contributed by atoms with Gasteiger partial charge in [-0.15, -0.1) is 0 Å². The number of aromatic nitrogens is 2. The maximum Gasteiger partial charge on any atom is 0.319 e. The molecule has 3 aromatic rings. The molecule has 0 aliphatic heterocycles. The summed E-state index contributed by atoms with van der Waals surface area (Å²) in [6, 6.07) is 11.2. The van der Waals surface area contributed by atoms with Crippen molar-refractivity contribution in [3.8, 4) is 0 Å². The number of anilines is 1. The van der Waals surface area contributed by atoms with Crippen molar-refractivity contribution in [3.05, 3.63) is 60.0 Å². The van der Waals surface area contributed by atoms with Crippen molar-refractivity contribution in [2.45, 2.75) is 6.54 Å². The molecule has 2 amide bonds. The monoisotopic (exact) mass is 284 g/mol. The summed E-state index contributed by atoms with van der Waals surface area (Å²) >= 11 is 0. The Balaban J connectivity index is 1.60. The summed E-state index contributed by atoms with van der Waals surface area (Å²) in [5.41, 5.74) is 2.20. The first kappa shape index (κ1) is 13.1. The van der Waals surface area contributed by atoms with Gasteiger partial charge in [-0.05, 0) is 35.9 Å². The van der Waals surface area contributed by atoms with Crippen LogP contribution < -0.4 is 10.6 Å². The Bertz CT molecular complexity index is 784. The van der Waals surface area contributed by atoms with Gasteiger partial charge in [0.1, 0.15) is 5.82 Å². The number of hydrogen-bond acceptors (Lipinski definition) is 2. The van der Waals surface area contributed by atoms with Gasteiger partial charge in [-0.25, -0.2) is 9.18 Å². The topological polar surface area (TPSA) is 69.8 Å². The van der Waals surface area contributed by atoms with Crippen LogP contribution in [0.4, 0.5) is 14.9 Å². The van der Waals surface area contributed by atoms with Gasteiger partial charge in [0.25, 0.3) is 0 Å². The number of amides is 2. The van der Waals surface area contributed by atoms with Crippen molar-refractivity contribution in [2.75, 3.05) is 5.32 Å². The minimum Gasteiger partial charge on any atom is -0.334 e. The summed E-state index contributed by atoms with van der Waals surface area (Å²) in [7, 11) is 0. The Kier molecular flexibility index (Phi) is 3.51. The van der Waals surface area contributed by atoms with Crippen LogP contribution in [0.15, 0.2) is 48.7 Å². The highest BCUT2D eigenvalue weighted by atomic mass is 19.1. The maximum atomic E-state index is 13.0. The lowest BCUT2D eigenvalue weighted by Crippen LogP contribution is -2.28. The van der Waals surface area contributed by atoms with Gasteiger partial charge in [0.15, 0.2) is 0 Å². The zero-order valence-corrected chi connectivity index (χ0v) is 11.1. The third-order valence-electron chi connectivity index (χ3n) is 3.04. The van der Waals surface area contributed by atoms with Gasteiger partial charge in [-0.3, -0.25) is 5.10 Å². The van der Waals surface area contributed by atoms with Gasteiger partial charge >= 0.3 is 6.03 Å². The fraction of sp³-hybridized carbons (Fsp3) is 0.0667.